The molecule has 0 aliphatic carbocycles. The van der Waals surface area contributed by atoms with Gasteiger partial charge < -0.3 is 14.6 Å². The van der Waals surface area contributed by atoms with Crippen LogP contribution in [0.1, 0.15) is 5.56 Å². The van der Waals surface area contributed by atoms with E-state index in [4.69, 9.17) is 4.74 Å². The van der Waals surface area contributed by atoms with Gasteiger partial charge in [0.25, 0.3) is 0 Å². The van der Waals surface area contributed by atoms with Crippen LogP contribution < -0.4 is 10.1 Å². The van der Waals surface area contributed by atoms with Crippen LogP contribution in [0.5, 0.6) is 5.75 Å². The smallest absolute Gasteiger partial charge is 0.240 e. The number of ether oxygens (including phenoxy) is 1. The van der Waals surface area contributed by atoms with Crippen LogP contribution in [0.15, 0.2) is 54.9 Å². The molecular formula is C18H19N3O2. The van der Waals surface area contributed by atoms with E-state index in [-0.39, 0.29) is 12.5 Å². The van der Waals surface area contributed by atoms with Crippen LogP contribution in [0.2, 0.25) is 0 Å². The van der Waals surface area contributed by atoms with Crippen LogP contribution in [-0.4, -0.2) is 28.6 Å². The van der Waals surface area contributed by atoms with Crippen LogP contribution in [0.25, 0.3) is 11.0 Å². The van der Waals surface area contributed by atoms with E-state index in [2.05, 4.69) is 10.3 Å². The Hall–Kier alpha value is -2.82. The Bertz CT molecular complexity index is 811. The summed E-state index contributed by atoms with van der Waals surface area (Å²) in [7, 11) is 0. The first kappa shape index (κ1) is 15.1. The van der Waals surface area contributed by atoms with Gasteiger partial charge in [-0.2, -0.15) is 0 Å². The van der Waals surface area contributed by atoms with E-state index in [1.165, 1.54) is 0 Å². The Morgan fingerprint density at radius 2 is 2.09 bits per heavy atom. The highest BCUT2D eigenvalue weighted by Crippen LogP contribution is 2.12. The van der Waals surface area contributed by atoms with Crippen LogP contribution in [0, 0.1) is 6.92 Å². The first-order valence-electron chi connectivity index (χ1n) is 7.58. The summed E-state index contributed by atoms with van der Waals surface area (Å²) >= 11 is 0. The van der Waals surface area contributed by atoms with Crippen molar-refractivity contribution in [3.05, 3.63) is 60.4 Å². The standard InChI is InChI=1S/C18H19N3O2/c1-14-5-4-6-15(11-14)23-10-9-19-18(22)12-21-13-20-16-7-2-3-8-17(16)21/h2-8,11,13H,9-10,12H2,1H3,(H,19,22). The highest BCUT2D eigenvalue weighted by Gasteiger charge is 2.06. The van der Waals surface area contributed by atoms with E-state index in [0.29, 0.717) is 13.2 Å². The minimum atomic E-state index is -0.0546. The van der Waals surface area contributed by atoms with Crippen LogP contribution in [0.4, 0.5) is 0 Å². The van der Waals surface area contributed by atoms with Crippen LogP contribution in [-0.2, 0) is 11.3 Å². The normalized spacial score (nSPS) is 10.7. The second kappa shape index (κ2) is 6.96. The van der Waals surface area contributed by atoms with E-state index in [9.17, 15) is 4.79 Å². The predicted molar refractivity (Wildman–Crippen MR) is 89.4 cm³/mol. The molecule has 2 aromatic carbocycles. The molecule has 0 aliphatic heterocycles. The van der Waals surface area contributed by atoms with E-state index in [1.807, 2.05) is 60.0 Å². The molecule has 0 fully saturated rings. The molecule has 5 nitrogen and oxygen atoms in total. The molecule has 3 rings (SSSR count). The molecule has 0 spiro atoms. The van der Waals surface area contributed by atoms with Crippen molar-refractivity contribution in [2.75, 3.05) is 13.2 Å². The number of nitrogens with zero attached hydrogens (tertiary/aromatic N) is 2. The first-order valence-corrected chi connectivity index (χ1v) is 7.58. The number of carbonyl (C=O) groups is 1. The SMILES string of the molecule is Cc1cccc(OCCNC(=O)Cn2cnc3ccccc32)c1. The van der Waals surface area contributed by atoms with Gasteiger partial charge in [-0.05, 0) is 36.8 Å². The zero-order valence-electron chi connectivity index (χ0n) is 13.0. The average Bonchev–Trinajstić information content (AvgIpc) is 2.95. The molecule has 0 saturated heterocycles. The second-order valence-corrected chi connectivity index (χ2v) is 5.38. The molecule has 0 radical (unpaired) electrons. The average molecular weight is 309 g/mol. The van der Waals surface area contributed by atoms with Gasteiger partial charge in [0.15, 0.2) is 0 Å². The molecule has 0 unspecified atom stereocenters. The van der Waals surface area contributed by atoms with Crippen molar-refractivity contribution in [3.63, 3.8) is 0 Å². The molecule has 1 amide bonds. The number of imidazole rings is 1. The van der Waals surface area contributed by atoms with Gasteiger partial charge in [-0.3, -0.25) is 4.79 Å². The summed E-state index contributed by atoms with van der Waals surface area (Å²) < 4.78 is 7.45. The zero-order chi connectivity index (χ0) is 16.1. The molecular weight excluding hydrogens is 290 g/mol. The summed E-state index contributed by atoms with van der Waals surface area (Å²) in [6, 6.07) is 15.6. The number of para-hydroxylation sites is 2. The monoisotopic (exact) mass is 309 g/mol. The van der Waals surface area contributed by atoms with Gasteiger partial charge in [0.05, 0.1) is 23.9 Å². The van der Waals surface area contributed by atoms with Gasteiger partial charge in [-0.25, -0.2) is 4.98 Å². The maximum Gasteiger partial charge on any atom is 0.240 e. The molecule has 0 bridgehead atoms. The van der Waals surface area contributed by atoms with Gasteiger partial charge in [0.2, 0.25) is 5.91 Å². The molecule has 23 heavy (non-hydrogen) atoms. The third-order valence-electron chi connectivity index (χ3n) is 3.52. The lowest BCUT2D eigenvalue weighted by Crippen LogP contribution is -2.31. The largest absolute Gasteiger partial charge is 0.492 e. The number of hydrogen-bond donors (Lipinski definition) is 1. The van der Waals surface area contributed by atoms with Crippen LogP contribution >= 0.6 is 0 Å². The third-order valence-corrected chi connectivity index (χ3v) is 3.52. The number of benzene rings is 2. The van der Waals surface area contributed by atoms with Gasteiger partial charge in [-0.1, -0.05) is 24.3 Å². The fourth-order valence-electron chi connectivity index (χ4n) is 2.41. The minimum absolute atomic E-state index is 0.0546. The number of fused-ring (bicyclic) bond motifs is 1. The van der Waals surface area contributed by atoms with Crippen molar-refractivity contribution in [1.29, 1.82) is 0 Å². The van der Waals surface area contributed by atoms with E-state index >= 15 is 0 Å². The highest BCUT2D eigenvalue weighted by molar-refractivity contribution is 5.80. The van der Waals surface area contributed by atoms with Crippen molar-refractivity contribution in [2.24, 2.45) is 0 Å². The molecule has 1 aromatic heterocycles. The number of aryl methyl sites for hydroxylation is 1. The Labute approximate surface area is 134 Å². The molecule has 3 aromatic rings. The lowest BCUT2D eigenvalue weighted by molar-refractivity contribution is -0.121. The molecule has 5 heteroatoms. The van der Waals surface area contributed by atoms with E-state index in [1.54, 1.807) is 6.33 Å². The minimum Gasteiger partial charge on any atom is -0.492 e. The number of aromatic nitrogens is 2. The van der Waals surface area contributed by atoms with Crippen molar-refractivity contribution >= 4 is 16.9 Å². The first-order chi connectivity index (χ1) is 11.2. The van der Waals surface area contributed by atoms with E-state index in [0.717, 1.165) is 22.3 Å². The number of amides is 1. The fraction of sp³-hybridized carbons (Fsp3) is 0.222. The molecule has 0 atom stereocenters. The summed E-state index contributed by atoms with van der Waals surface area (Å²) in [5, 5.41) is 2.86. The quantitative estimate of drug-likeness (QED) is 0.712. The number of hydrogen-bond acceptors (Lipinski definition) is 3. The summed E-state index contributed by atoms with van der Waals surface area (Å²) in [5.41, 5.74) is 3.00. The zero-order valence-corrected chi connectivity index (χ0v) is 13.0. The van der Waals surface area contributed by atoms with Gasteiger partial charge in [0.1, 0.15) is 18.9 Å². The number of carbonyl (C=O) groups excluding carboxylic acids is 1. The molecule has 118 valence electrons. The summed E-state index contributed by atoms with van der Waals surface area (Å²) in [6.07, 6.45) is 1.69. The van der Waals surface area contributed by atoms with Gasteiger partial charge >= 0.3 is 0 Å². The Balaban J connectivity index is 1.46. The molecule has 0 saturated carbocycles. The highest BCUT2D eigenvalue weighted by atomic mass is 16.5. The topological polar surface area (TPSA) is 56.1 Å². The lowest BCUT2D eigenvalue weighted by atomic mass is 10.2. The number of rotatable bonds is 6. The molecule has 0 aliphatic rings. The lowest BCUT2D eigenvalue weighted by Gasteiger charge is -2.09. The maximum absolute atomic E-state index is 12.0. The number of nitrogens with one attached hydrogen (secondary N) is 1. The fourth-order valence-corrected chi connectivity index (χ4v) is 2.41. The Morgan fingerprint density at radius 3 is 2.96 bits per heavy atom. The van der Waals surface area contributed by atoms with Crippen molar-refractivity contribution in [3.8, 4) is 5.75 Å². The van der Waals surface area contributed by atoms with Gasteiger partial charge in [-0.15, -0.1) is 0 Å². The van der Waals surface area contributed by atoms with Crippen molar-refractivity contribution in [2.45, 2.75) is 13.5 Å². The van der Waals surface area contributed by atoms with Crippen molar-refractivity contribution in [1.82, 2.24) is 14.9 Å². The summed E-state index contributed by atoms with van der Waals surface area (Å²) in [5.74, 6) is 0.765. The Kier molecular flexibility index (Phi) is 4.57. The predicted octanol–water partition coefficient (Wildman–Crippen LogP) is 2.54. The second-order valence-electron chi connectivity index (χ2n) is 5.38. The molecule has 1 N–H and O–H groups in total. The maximum atomic E-state index is 12.0. The van der Waals surface area contributed by atoms with Crippen molar-refractivity contribution < 1.29 is 9.53 Å². The van der Waals surface area contributed by atoms with E-state index < -0.39 is 0 Å². The summed E-state index contributed by atoms with van der Waals surface area (Å²) in [6.45, 7) is 3.19. The van der Waals surface area contributed by atoms with Gasteiger partial charge in [0, 0.05) is 0 Å². The molecule has 1 heterocycles. The third kappa shape index (κ3) is 3.88. The van der Waals surface area contributed by atoms with Crippen LogP contribution in [0.3, 0.4) is 0 Å². The Morgan fingerprint density at radius 1 is 1.22 bits per heavy atom. The summed E-state index contributed by atoms with van der Waals surface area (Å²) in [4.78, 5) is 16.3.